The van der Waals surface area contributed by atoms with E-state index in [1.165, 1.54) is 19.1 Å². The number of aromatic nitrogens is 3. The van der Waals surface area contributed by atoms with Crippen LogP contribution >= 0.6 is 34.5 Å². The highest BCUT2D eigenvalue weighted by Gasteiger charge is 2.21. The van der Waals surface area contributed by atoms with Gasteiger partial charge in [-0.3, -0.25) is 14.5 Å². The maximum absolute atomic E-state index is 14.2. The van der Waals surface area contributed by atoms with Crippen LogP contribution in [0.4, 0.5) is 19.6 Å². The van der Waals surface area contributed by atoms with Crippen LogP contribution in [-0.4, -0.2) is 20.9 Å². The maximum atomic E-state index is 14.2. The molecule has 1 N–H and O–H groups in total. The minimum absolute atomic E-state index is 0.0955. The van der Waals surface area contributed by atoms with E-state index in [4.69, 9.17) is 23.2 Å². The number of fused-ring (bicyclic) bond motifs is 1. The highest BCUT2D eigenvalue weighted by Crippen LogP contribution is 2.32. The zero-order valence-corrected chi connectivity index (χ0v) is 18.5. The molecule has 0 aliphatic heterocycles. The van der Waals surface area contributed by atoms with Crippen LogP contribution in [0.3, 0.4) is 0 Å². The van der Waals surface area contributed by atoms with Gasteiger partial charge in [-0.05, 0) is 36.4 Å². The highest BCUT2D eigenvalue weighted by molar-refractivity contribution is 7.14. The van der Waals surface area contributed by atoms with Gasteiger partial charge in [0.25, 0.3) is 5.56 Å². The van der Waals surface area contributed by atoms with Gasteiger partial charge in [-0.25, -0.2) is 18.7 Å². The lowest BCUT2D eigenvalue weighted by atomic mass is 10.2. The predicted octanol–water partition coefficient (Wildman–Crippen LogP) is 5.73. The summed E-state index contributed by atoms with van der Waals surface area (Å²) >= 11 is 13.3. The van der Waals surface area contributed by atoms with Gasteiger partial charge in [0.2, 0.25) is 5.91 Å². The van der Waals surface area contributed by atoms with Crippen LogP contribution in [0.1, 0.15) is 18.4 Å². The minimum atomic E-state index is -0.899. The third-order valence-corrected chi connectivity index (χ3v) is 5.70. The molecule has 0 radical (unpaired) electrons. The van der Waals surface area contributed by atoms with E-state index < -0.39 is 23.1 Å². The monoisotopic (exact) mass is 492 g/mol. The summed E-state index contributed by atoms with van der Waals surface area (Å²) in [7, 11) is 0. The van der Waals surface area contributed by atoms with E-state index in [9.17, 15) is 18.4 Å². The Morgan fingerprint density at radius 3 is 2.69 bits per heavy atom. The Hall–Kier alpha value is -3.14. The molecule has 0 fully saturated rings. The summed E-state index contributed by atoms with van der Waals surface area (Å²) in [6.07, 6.45) is 1.45. The maximum Gasteiger partial charge on any atom is 0.259 e. The number of thiazole rings is 1. The molecule has 0 saturated carbocycles. The Labute approximate surface area is 193 Å². The van der Waals surface area contributed by atoms with Crippen molar-refractivity contribution in [1.29, 1.82) is 0 Å². The number of hydrogen-bond acceptors (Lipinski definition) is 5. The molecule has 0 bridgehead atoms. The lowest BCUT2D eigenvalue weighted by molar-refractivity contribution is -0.115. The average molecular weight is 493 g/mol. The number of nitrogens with zero attached hydrogens (tertiary/aromatic N) is 3. The van der Waals surface area contributed by atoms with Crippen molar-refractivity contribution in [2.45, 2.75) is 6.92 Å². The number of hydrogen-bond donors (Lipinski definition) is 1. The van der Waals surface area contributed by atoms with Gasteiger partial charge in [0.05, 0.1) is 27.3 Å². The van der Waals surface area contributed by atoms with Crippen LogP contribution < -0.4 is 10.5 Å². The van der Waals surface area contributed by atoms with Crippen molar-refractivity contribution in [3.8, 4) is 0 Å². The van der Waals surface area contributed by atoms with Crippen molar-refractivity contribution in [3.63, 3.8) is 0 Å². The normalized spacial score (nSPS) is 11.7. The molecular weight excluding hydrogens is 481 g/mol. The zero-order valence-electron chi connectivity index (χ0n) is 16.2. The quantitative estimate of drug-likeness (QED) is 0.394. The van der Waals surface area contributed by atoms with E-state index in [0.717, 1.165) is 28.4 Å². The number of H-pyrrole nitrogens is 1. The van der Waals surface area contributed by atoms with Crippen LogP contribution in [0, 0.1) is 11.6 Å². The first-order valence-corrected chi connectivity index (χ1v) is 10.6. The second kappa shape index (κ2) is 8.78. The standard InChI is InChI=1S/C21H12Cl2F2N4O2S/c1-10(30)29(18-5-3-12(24)7-16(18)25)21-26-13(9-32-21)8-15(23)19-27-17-4-2-11(22)6-14(17)20(31)28-19/h2-9H,1H3,(H,27,28,31)/b15-8-. The molecule has 0 atom stereocenters. The molecule has 11 heteroatoms. The van der Waals surface area contributed by atoms with Gasteiger partial charge >= 0.3 is 0 Å². The summed E-state index contributed by atoms with van der Waals surface area (Å²) in [4.78, 5) is 36.7. The van der Waals surface area contributed by atoms with Crippen molar-refractivity contribution in [1.82, 2.24) is 15.0 Å². The summed E-state index contributed by atoms with van der Waals surface area (Å²) in [5.41, 5.74) is 0.220. The SMILES string of the molecule is CC(=O)N(c1nc(/C=C(\Cl)c2nc3ccc(Cl)cc3c(=O)[nH]2)cs1)c1ccc(F)cc1F. The summed E-state index contributed by atoms with van der Waals surface area (Å²) in [6, 6.07) is 7.60. The molecule has 2 heterocycles. The summed E-state index contributed by atoms with van der Waals surface area (Å²) in [5, 5.41) is 2.57. The highest BCUT2D eigenvalue weighted by atomic mass is 35.5. The largest absolute Gasteiger partial charge is 0.305 e. The van der Waals surface area contributed by atoms with Crippen molar-refractivity contribution < 1.29 is 13.6 Å². The first-order chi connectivity index (χ1) is 15.2. The molecule has 4 aromatic rings. The molecule has 32 heavy (non-hydrogen) atoms. The lowest BCUT2D eigenvalue weighted by Crippen LogP contribution is -2.23. The number of carbonyl (C=O) groups is 1. The Balaban J connectivity index is 1.70. The van der Waals surface area contributed by atoms with E-state index in [1.807, 2.05) is 0 Å². The summed E-state index contributed by atoms with van der Waals surface area (Å²) in [5.74, 6) is -2.05. The molecule has 162 valence electrons. The van der Waals surface area contributed by atoms with Crippen LogP contribution in [0.2, 0.25) is 5.02 Å². The number of anilines is 2. The minimum Gasteiger partial charge on any atom is -0.305 e. The van der Waals surface area contributed by atoms with Crippen molar-refractivity contribution in [3.05, 3.63) is 80.3 Å². The van der Waals surface area contributed by atoms with Crippen molar-refractivity contribution in [2.24, 2.45) is 0 Å². The molecule has 2 aromatic heterocycles. The van der Waals surface area contributed by atoms with Gasteiger partial charge in [-0.1, -0.05) is 23.2 Å². The molecule has 1 amide bonds. The molecule has 0 aliphatic carbocycles. The van der Waals surface area contributed by atoms with Crippen LogP contribution in [0.25, 0.3) is 22.0 Å². The molecule has 6 nitrogen and oxygen atoms in total. The first-order valence-electron chi connectivity index (χ1n) is 9.01. The van der Waals surface area contributed by atoms with E-state index in [2.05, 4.69) is 15.0 Å². The van der Waals surface area contributed by atoms with Crippen LogP contribution in [-0.2, 0) is 4.79 Å². The third kappa shape index (κ3) is 4.40. The van der Waals surface area contributed by atoms with E-state index in [-0.39, 0.29) is 21.7 Å². The number of benzene rings is 2. The number of nitrogens with one attached hydrogen (secondary N) is 1. The van der Waals surface area contributed by atoms with Crippen molar-refractivity contribution >= 4 is 73.3 Å². The van der Waals surface area contributed by atoms with Gasteiger partial charge in [-0.15, -0.1) is 11.3 Å². The van der Waals surface area contributed by atoms with Gasteiger partial charge in [-0.2, -0.15) is 0 Å². The topological polar surface area (TPSA) is 79.0 Å². The Morgan fingerprint density at radius 1 is 1.19 bits per heavy atom. The number of halogens is 4. The molecule has 4 rings (SSSR count). The second-order valence-electron chi connectivity index (χ2n) is 6.57. The van der Waals surface area contributed by atoms with Gasteiger partial charge in [0.1, 0.15) is 11.6 Å². The smallest absolute Gasteiger partial charge is 0.259 e. The summed E-state index contributed by atoms with van der Waals surface area (Å²) in [6.45, 7) is 1.24. The summed E-state index contributed by atoms with van der Waals surface area (Å²) < 4.78 is 27.5. The number of rotatable bonds is 4. The molecule has 2 aromatic carbocycles. The lowest BCUT2D eigenvalue weighted by Gasteiger charge is -2.18. The van der Waals surface area contributed by atoms with E-state index >= 15 is 0 Å². The fourth-order valence-corrected chi connectivity index (χ4v) is 4.15. The average Bonchev–Trinajstić information content (AvgIpc) is 3.17. The van der Waals surface area contributed by atoms with E-state index in [1.54, 1.807) is 17.5 Å². The van der Waals surface area contributed by atoms with Gasteiger partial charge in [0.15, 0.2) is 11.0 Å². The first kappa shape index (κ1) is 22.1. The predicted molar refractivity (Wildman–Crippen MR) is 122 cm³/mol. The van der Waals surface area contributed by atoms with E-state index in [0.29, 0.717) is 27.7 Å². The number of amides is 1. The number of aromatic amines is 1. The Morgan fingerprint density at radius 2 is 1.97 bits per heavy atom. The number of carbonyl (C=O) groups excluding carboxylic acids is 1. The Kier molecular flexibility index (Phi) is 6.05. The van der Waals surface area contributed by atoms with Gasteiger partial charge < -0.3 is 4.98 Å². The zero-order chi connectivity index (χ0) is 23.0. The molecular formula is C21H12Cl2F2N4O2S. The fraction of sp³-hybridized carbons (Fsp3) is 0.0476. The second-order valence-corrected chi connectivity index (χ2v) is 8.25. The van der Waals surface area contributed by atoms with Gasteiger partial charge in [0, 0.05) is 23.4 Å². The molecule has 0 saturated heterocycles. The molecule has 0 unspecified atom stereocenters. The van der Waals surface area contributed by atoms with Crippen LogP contribution in [0.5, 0.6) is 0 Å². The fourth-order valence-electron chi connectivity index (χ4n) is 2.94. The van der Waals surface area contributed by atoms with Crippen molar-refractivity contribution in [2.75, 3.05) is 4.90 Å². The molecule has 0 spiro atoms. The molecule has 0 aliphatic rings. The third-order valence-electron chi connectivity index (χ3n) is 4.33. The Bertz CT molecular complexity index is 1450. The van der Waals surface area contributed by atoms with Crippen LogP contribution in [0.15, 0.2) is 46.6 Å².